The largest absolute Gasteiger partial charge is 0.338 e. The fraction of sp³-hybridized carbons (Fsp3) is 0.588. The third kappa shape index (κ3) is 3.50. The van der Waals surface area contributed by atoms with Crippen molar-refractivity contribution in [2.75, 3.05) is 13.1 Å². The molecule has 0 bridgehead atoms. The lowest BCUT2D eigenvalue weighted by Gasteiger charge is -2.38. The number of carbonyl (C=O) groups excluding carboxylic acids is 1. The van der Waals surface area contributed by atoms with E-state index in [4.69, 9.17) is 5.73 Å². The van der Waals surface area contributed by atoms with E-state index in [2.05, 4.69) is 6.92 Å². The minimum Gasteiger partial charge on any atom is -0.338 e. The Kier molecular flexibility index (Phi) is 5.63. The lowest BCUT2D eigenvalue weighted by molar-refractivity contribution is -0.136. The average molecular weight is 345 g/mol. The van der Waals surface area contributed by atoms with Crippen LogP contribution in [0.25, 0.3) is 0 Å². The topological polar surface area (TPSA) is 46.3 Å². The second kappa shape index (κ2) is 7.14. The van der Waals surface area contributed by atoms with Crippen molar-refractivity contribution in [2.24, 2.45) is 17.6 Å². The summed E-state index contributed by atoms with van der Waals surface area (Å²) >= 11 is 0. The third-order valence-electron chi connectivity index (χ3n) is 5.01. The Balaban J connectivity index is 0.00000192. The highest BCUT2D eigenvalue weighted by atomic mass is 35.5. The van der Waals surface area contributed by atoms with Crippen LogP contribution in [0.4, 0.5) is 8.78 Å². The van der Waals surface area contributed by atoms with Gasteiger partial charge >= 0.3 is 0 Å². The molecule has 128 valence electrons. The van der Waals surface area contributed by atoms with Gasteiger partial charge in [0.1, 0.15) is 11.6 Å². The van der Waals surface area contributed by atoms with Gasteiger partial charge in [-0.05, 0) is 37.3 Å². The van der Waals surface area contributed by atoms with Gasteiger partial charge in [-0.25, -0.2) is 8.78 Å². The zero-order chi connectivity index (χ0) is 15.9. The van der Waals surface area contributed by atoms with Gasteiger partial charge in [0.15, 0.2) is 0 Å². The molecule has 1 aliphatic carbocycles. The van der Waals surface area contributed by atoms with Crippen molar-refractivity contribution in [2.45, 2.75) is 38.1 Å². The molecule has 1 saturated heterocycles. The molecule has 2 aliphatic rings. The van der Waals surface area contributed by atoms with E-state index in [0.717, 1.165) is 12.8 Å². The average Bonchev–Trinajstić information content (AvgIpc) is 3.26. The highest BCUT2D eigenvalue weighted by Crippen LogP contribution is 2.50. The quantitative estimate of drug-likeness (QED) is 0.916. The fourth-order valence-electron chi connectivity index (χ4n) is 3.63. The minimum atomic E-state index is -0.553. The summed E-state index contributed by atoms with van der Waals surface area (Å²) in [6.45, 7) is 3.31. The highest BCUT2D eigenvalue weighted by Gasteiger charge is 2.49. The standard InChI is InChI=1S/C17H22F2N2O.ClH/c1-10-5-6-21(11(7-10)9-20)17(22)13-8-12(13)16-14(18)3-2-4-15(16)19;/h2-4,10-13H,5-9,20H2,1H3;1H. The van der Waals surface area contributed by atoms with Crippen LogP contribution in [0.3, 0.4) is 0 Å². The molecular weight excluding hydrogens is 322 g/mol. The number of piperidine rings is 1. The highest BCUT2D eigenvalue weighted by molar-refractivity contribution is 5.85. The minimum absolute atomic E-state index is 0. The van der Waals surface area contributed by atoms with Crippen molar-refractivity contribution < 1.29 is 13.6 Å². The Morgan fingerprint density at radius 3 is 2.57 bits per heavy atom. The zero-order valence-corrected chi connectivity index (χ0v) is 14.0. The lowest BCUT2D eigenvalue weighted by atomic mass is 9.92. The first-order valence-electron chi connectivity index (χ1n) is 7.97. The number of likely N-dealkylation sites (tertiary alicyclic amines) is 1. The number of nitrogens with zero attached hydrogens (tertiary/aromatic N) is 1. The predicted molar refractivity (Wildman–Crippen MR) is 87.4 cm³/mol. The maximum Gasteiger partial charge on any atom is 0.226 e. The Morgan fingerprint density at radius 1 is 1.30 bits per heavy atom. The van der Waals surface area contributed by atoms with Crippen molar-refractivity contribution in [1.29, 1.82) is 0 Å². The zero-order valence-electron chi connectivity index (χ0n) is 13.2. The van der Waals surface area contributed by atoms with Gasteiger partial charge in [0, 0.05) is 36.5 Å². The number of nitrogens with two attached hydrogens (primary N) is 1. The summed E-state index contributed by atoms with van der Waals surface area (Å²) in [6, 6.07) is 3.92. The Bertz CT molecular complexity index is 563. The molecule has 4 unspecified atom stereocenters. The monoisotopic (exact) mass is 344 g/mol. The van der Waals surface area contributed by atoms with Crippen molar-refractivity contribution in [3.8, 4) is 0 Å². The fourth-order valence-corrected chi connectivity index (χ4v) is 3.63. The van der Waals surface area contributed by atoms with E-state index in [1.54, 1.807) is 0 Å². The molecule has 0 spiro atoms. The molecule has 6 heteroatoms. The number of benzene rings is 1. The number of hydrogen-bond acceptors (Lipinski definition) is 2. The molecule has 3 rings (SSSR count). The van der Waals surface area contributed by atoms with Gasteiger partial charge in [-0.15, -0.1) is 12.4 Å². The first-order chi connectivity index (χ1) is 10.5. The van der Waals surface area contributed by atoms with Gasteiger partial charge in [0.25, 0.3) is 0 Å². The smallest absolute Gasteiger partial charge is 0.226 e. The van der Waals surface area contributed by atoms with Crippen molar-refractivity contribution in [3.63, 3.8) is 0 Å². The number of halogens is 3. The predicted octanol–water partition coefficient (Wildman–Crippen LogP) is 3.08. The number of carbonyl (C=O) groups is 1. The van der Waals surface area contributed by atoms with E-state index in [0.29, 0.717) is 25.4 Å². The maximum absolute atomic E-state index is 13.8. The molecule has 0 aromatic heterocycles. The van der Waals surface area contributed by atoms with Crippen LogP contribution in [-0.2, 0) is 4.79 Å². The van der Waals surface area contributed by atoms with Crippen molar-refractivity contribution >= 4 is 18.3 Å². The Hall–Kier alpha value is -1.20. The Morgan fingerprint density at radius 2 is 1.96 bits per heavy atom. The van der Waals surface area contributed by atoms with Crippen LogP contribution in [-0.4, -0.2) is 29.9 Å². The molecule has 23 heavy (non-hydrogen) atoms. The molecule has 3 nitrogen and oxygen atoms in total. The molecule has 1 heterocycles. The van der Waals surface area contributed by atoms with Crippen LogP contribution in [0.2, 0.25) is 0 Å². The van der Waals surface area contributed by atoms with Crippen LogP contribution in [0.5, 0.6) is 0 Å². The van der Waals surface area contributed by atoms with Crippen LogP contribution in [0.1, 0.15) is 37.7 Å². The van der Waals surface area contributed by atoms with E-state index in [9.17, 15) is 13.6 Å². The summed E-state index contributed by atoms with van der Waals surface area (Å²) in [4.78, 5) is 14.5. The van der Waals surface area contributed by atoms with Gasteiger partial charge in [-0.2, -0.15) is 0 Å². The molecule has 4 atom stereocenters. The Labute approximate surface area is 141 Å². The van der Waals surface area contributed by atoms with Crippen LogP contribution in [0, 0.1) is 23.5 Å². The van der Waals surface area contributed by atoms with Gasteiger partial charge < -0.3 is 10.6 Å². The molecule has 2 N–H and O–H groups in total. The molecule has 1 saturated carbocycles. The summed E-state index contributed by atoms with van der Waals surface area (Å²) in [6.07, 6.45) is 2.40. The molecule has 1 aliphatic heterocycles. The molecule has 0 radical (unpaired) electrons. The molecule has 1 aromatic rings. The van der Waals surface area contributed by atoms with Gasteiger partial charge in [-0.3, -0.25) is 4.79 Å². The van der Waals surface area contributed by atoms with E-state index in [-0.39, 0.29) is 41.8 Å². The summed E-state index contributed by atoms with van der Waals surface area (Å²) in [5, 5.41) is 0. The first kappa shape index (κ1) is 18.1. The molecular formula is C17H23ClF2N2O. The molecule has 1 amide bonds. The normalized spacial score (nSPS) is 29.8. The number of amides is 1. The summed E-state index contributed by atoms with van der Waals surface area (Å²) in [5.74, 6) is -1.15. The lowest BCUT2D eigenvalue weighted by Crippen LogP contribution is -2.50. The van der Waals surface area contributed by atoms with Crippen molar-refractivity contribution in [1.82, 2.24) is 4.90 Å². The van der Waals surface area contributed by atoms with Gasteiger partial charge in [0.2, 0.25) is 5.91 Å². The van der Waals surface area contributed by atoms with E-state index >= 15 is 0 Å². The summed E-state index contributed by atoms with van der Waals surface area (Å²) in [5.41, 5.74) is 5.86. The maximum atomic E-state index is 13.8. The molecule has 2 fully saturated rings. The van der Waals surface area contributed by atoms with E-state index in [1.165, 1.54) is 18.2 Å². The summed E-state index contributed by atoms with van der Waals surface area (Å²) < 4.78 is 27.7. The van der Waals surface area contributed by atoms with Crippen molar-refractivity contribution in [3.05, 3.63) is 35.4 Å². The first-order valence-corrected chi connectivity index (χ1v) is 7.97. The van der Waals surface area contributed by atoms with E-state index < -0.39 is 11.6 Å². The number of hydrogen-bond donors (Lipinski definition) is 1. The van der Waals surface area contributed by atoms with Gasteiger partial charge in [-0.1, -0.05) is 13.0 Å². The second-order valence-electron chi connectivity index (χ2n) is 6.63. The van der Waals surface area contributed by atoms with Crippen LogP contribution >= 0.6 is 12.4 Å². The third-order valence-corrected chi connectivity index (χ3v) is 5.01. The van der Waals surface area contributed by atoms with E-state index in [1.807, 2.05) is 4.90 Å². The second-order valence-corrected chi connectivity index (χ2v) is 6.63. The SMILES string of the molecule is CC1CCN(C(=O)C2CC2c2c(F)cccc2F)C(CN)C1.Cl. The summed E-state index contributed by atoms with van der Waals surface area (Å²) in [7, 11) is 0. The van der Waals surface area contributed by atoms with Crippen LogP contribution < -0.4 is 5.73 Å². The molecule has 1 aromatic carbocycles. The van der Waals surface area contributed by atoms with Crippen LogP contribution in [0.15, 0.2) is 18.2 Å². The van der Waals surface area contributed by atoms with Gasteiger partial charge in [0.05, 0.1) is 0 Å². The number of rotatable bonds is 3.